The minimum Gasteiger partial charge on any atom is -0.311 e. The van der Waals surface area contributed by atoms with Gasteiger partial charge in [-0.3, -0.25) is 0 Å². The average Bonchev–Trinajstić information content (AvgIpc) is 3.39. The minimum absolute atomic E-state index is 0.0485. The van der Waals surface area contributed by atoms with E-state index in [-0.39, 0.29) is 6.71 Å². The van der Waals surface area contributed by atoms with Crippen molar-refractivity contribution >= 4 is 97.8 Å². The van der Waals surface area contributed by atoms with Gasteiger partial charge in [0, 0.05) is 70.8 Å². The van der Waals surface area contributed by atoms with Crippen molar-refractivity contribution in [2.75, 3.05) is 14.7 Å². The zero-order valence-electron chi connectivity index (χ0n) is 36.3. The summed E-state index contributed by atoms with van der Waals surface area (Å²) in [5.74, 6) is 0. The molecule has 67 heavy (non-hydrogen) atoms. The summed E-state index contributed by atoms with van der Waals surface area (Å²) in [5, 5.41) is 0. The largest absolute Gasteiger partial charge is 0.311 e. The van der Waals surface area contributed by atoms with E-state index >= 15 is 0 Å². The maximum Gasteiger partial charge on any atom is 0.252 e. The van der Waals surface area contributed by atoms with Crippen molar-refractivity contribution in [3.05, 3.63) is 265 Å². The predicted molar refractivity (Wildman–Crippen MR) is 282 cm³/mol. The van der Waals surface area contributed by atoms with Gasteiger partial charge < -0.3 is 14.7 Å². The third kappa shape index (κ3) is 5.70. The normalized spacial score (nSPS) is 14.2. The molecule has 0 radical (unpaired) electrons. The van der Waals surface area contributed by atoms with Crippen LogP contribution in [0.2, 0.25) is 0 Å². The molecule has 10 aromatic carbocycles. The Balaban J connectivity index is 1.07. The molecule has 0 N–H and O–H groups in total. The molecule has 314 valence electrons. The first-order valence-corrected chi connectivity index (χ1v) is 24.6. The summed E-state index contributed by atoms with van der Waals surface area (Å²) in [6, 6.07) is 90.1. The Hall–Kier alpha value is -7.64. The summed E-state index contributed by atoms with van der Waals surface area (Å²) in [4.78, 5) is 12.6. The van der Waals surface area contributed by atoms with E-state index < -0.39 is 5.41 Å². The van der Waals surface area contributed by atoms with Crippen LogP contribution in [0.1, 0.15) is 22.3 Å². The molecule has 4 aliphatic heterocycles. The summed E-state index contributed by atoms with van der Waals surface area (Å²) in [7, 11) is 0. The van der Waals surface area contributed by atoms with Crippen molar-refractivity contribution in [1.29, 1.82) is 0 Å². The quantitative estimate of drug-likeness (QED) is 0.159. The molecule has 6 heteroatoms. The van der Waals surface area contributed by atoms with E-state index in [9.17, 15) is 0 Å². The van der Waals surface area contributed by atoms with E-state index in [0.29, 0.717) is 0 Å². The van der Waals surface area contributed by atoms with Crippen molar-refractivity contribution in [2.24, 2.45) is 0 Å². The molecule has 14 rings (SSSR count). The average molecular weight is 890 g/mol. The van der Waals surface area contributed by atoms with E-state index in [1.165, 1.54) is 81.0 Å². The zero-order valence-corrected chi connectivity index (χ0v) is 38.0. The fourth-order valence-electron chi connectivity index (χ4n) is 11.5. The van der Waals surface area contributed by atoms with Crippen LogP contribution in [0.15, 0.2) is 262 Å². The summed E-state index contributed by atoms with van der Waals surface area (Å²) in [5.41, 5.74) is 19.1. The van der Waals surface area contributed by atoms with Gasteiger partial charge in [0.1, 0.15) is 0 Å². The van der Waals surface area contributed by atoms with Crippen LogP contribution in [0.5, 0.6) is 0 Å². The molecular weight excluding hydrogens is 850 g/mol. The molecule has 0 amide bonds. The third-order valence-corrected chi connectivity index (χ3v) is 16.4. The maximum absolute atomic E-state index is 2.59. The highest BCUT2D eigenvalue weighted by Crippen LogP contribution is 2.62. The van der Waals surface area contributed by atoms with Crippen LogP contribution in [0.4, 0.5) is 51.2 Å². The van der Waals surface area contributed by atoms with E-state index in [0.717, 1.165) is 28.4 Å². The van der Waals surface area contributed by atoms with Gasteiger partial charge in [0.05, 0.1) is 5.41 Å². The number of para-hydroxylation sites is 4. The lowest BCUT2D eigenvalue weighted by Gasteiger charge is -2.48. The van der Waals surface area contributed by atoms with Crippen molar-refractivity contribution in [1.82, 2.24) is 0 Å². The number of benzene rings is 10. The van der Waals surface area contributed by atoms with E-state index in [2.05, 4.69) is 257 Å². The molecule has 0 bridgehead atoms. The second kappa shape index (κ2) is 15.2. The first kappa shape index (κ1) is 38.6. The van der Waals surface area contributed by atoms with E-state index in [1.54, 1.807) is 0 Å². The van der Waals surface area contributed by atoms with Crippen LogP contribution >= 0.6 is 23.5 Å². The molecule has 3 nitrogen and oxygen atoms in total. The van der Waals surface area contributed by atoms with Crippen LogP contribution in [0, 0.1) is 0 Å². The Bertz CT molecular complexity index is 3460. The van der Waals surface area contributed by atoms with Crippen LogP contribution in [-0.2, 0) is 5.41 Å². The Morgan fingerprint density at radius 3 is 1.30 bits per heavy atom. The van der Waals surface area contributed by atoms with Gasteiger partial charge in [-0.2, -0.15) is 0 Å². The van der Waals surface area contributed by atoms with Gasteiger partial charge in [-0.1, -0.05) is 169 Å². The second-order valence-electron chi connectivity index (χ2n) is 17.6. The molecule has 0 unspecified atom stereocenters. The fourth-order valence-corrected chi connectivity index (χ4v) is 13.9. The second-order valence-corrected chi connectivity index (χ2v) is 19.8. The molecule has 1 spiro atoms. The monoisotopic (exact) mass is 889 g/mol. The molecule has 0 saturated heterocycles. The summed E-state index contributed by atoms with van der Waals surface area (Å²) < 4.78 is 0. The van der Waals surface area contributed by atoms with Gasteiger partial charge >= 0.3 is 0 Å². The van der Waals surface area contributed by atoms with Crippen LogP contribution in [0.3, 0.4) is 0 Å². The number of rotatable bonds is 5. The first-order valence-electron chi connectivity index (χ1n) is 23.0. The van der Waals surface area contributed by atoms with E-state index in [4.69, 9.17) is 0 Å². The lowest BCUT2D eigenvalue weighted by Crippen LogP contribution is -2.61. The van der Waals surface area contributed by atoms with Gasteiger partial charge in [-0.05, 0) is 136 Å². The molecule has 0 atom stereocenters. The van der Waals surface area contributed by atoms with Crippen molar-refractivity contribution in [3.8, 4) is 0 Å². The number of hydrogen-bond donors (Lipinski definition) is 0. The highest BCUT2D eigenvalue weighted by molar-refractivity contribution is 8.00. The summed E-state index contributed by atoms with van der Waals surface area (Å²) >= 11 is 3.82. The zero-order chi connectivity index (χ0) is 44.1. The molecule has 4 heterocycles. The topological polar surface area (TPSA) is 9.72 Å². The Kier molecular flexibility index (Phi) is 8.77. The summed E-state index contributed by atoms with van der Waals surface area (Å²) in [6.45, 7) is -0.0485. The number of nitrogens with zero attached hydrogens (tertiary/aromatic N) is 3. The Morgan fingerprint density at radius 2 is 0.776 bits per heavy atom. The van der Waals surface area contributed by atoms with Crippen molar-refractivity contribution < 1.29 is 0 Å². The Morgan fingerprint density at radius 1 is 0.328 bits per heavy atom. The highest BCUT2D eigenvalue weighted by Gasteiger charge is 2.51. The fraction of sp³-hybridized carbons (Fsp3) is 0.0164. The van der Waals surface area contributed by atoms with Crippen molar-refractivity contribution in [3.63, 3.8) is 0 Å². The smallest absolute Gasteiger partial charge is 0.252 e. The van der Waals surface area contributed by atoms with Gasteiger partial charge in [-0.15, -0.1) is 0 Å². The molecule has 0 fully saturated rings. The van der Waals surface area contributed by atoms with E-state index in [1.807, 2.05) is 23.5 Å². The van der Waals surface area contributed by atoms with Gasteiger partial charge in [0.2, 0.25) is 0 Å². The lowest BCUT2D eigenvalue weighted by molar-refractivity contribution is 0.667. The molecule has 4 aliphatic rings. The molecular formula is C61H40BN3S2. The standard InChI is InChI=1S/C61H40BN3S2/c1-5-20-41(21-6-1)63(42-22-7-2-8-23-42)45-36-37-50-54(38-45)64(43-24-9-3-10-25-43)52-31-19-32-53-60(52)62(50)51-40-59-49(39-55(51)65(53)44-26-11-4-12-27-44)61(48-30-15-18-35-58(48)67-59)46-28-13-16-33-56(46)66-57-34-17-14-29-47(57)61/h1-40H. The van der Waals surface area contributed by atoms with Crippen LogP contribution < -0.4 is 31.1 Å². The highest BCUT2D eigenvalue weighted by atomic mass is 32.2. The maximum atomic E-state index is 2.59. The SMILES string of the molecule is c1ccc(N(c2ccccc2)c2ccc3c(c2)N(c2ccccc2)c2cccc4c2B3c2cc3c(cc2N4c2ccccc2)C2(c4ccccc4Sc4ccccc42)c2ccccc2S3)cc1. The van der Waals surface area contributed by atoms with Crippen LogP contribution in [0.25, 0.3) is 0 Å². The lowest BCUT2D eigenvalue weighted by atomic mass is 9.33. The van der Waals surface area contributed by atoms with Crippen LogP contribution in [-0.4, -0.2) is 6.71 Å². The Labute approximate surface area is 400 Å². The number of fused-ring (bicyclic) bond motifs is 12. The molecule has 0 aliphatic carbocycles. The number of hydrogen-bond acceptors (Lipinski definition) is 5. The van der Waals surface area contributed by atoms with Crippen molar-refractivity contribution in [2.45, 2.75) is 25.0 Å². The van der Waals surface area contributed by atoms with Gasteiger partial charge in [0.15, 0.2) is 0 Å². The predicted octanol–water partition coefficient (Wildman–Crippen LogP) is 14.6. The summed E-state index contributed by atoms with van der Waals surface area (Å²) in [6.07, 6.45) is 0. The minimum atomic E-state index is -0.531. The molecule has 10 aromatic rings. The molecule has 0 saturated carbocycles. The first-order chi connectivity index (χ1) is 33.3. The van der Waals surface area contributed by atoms with Gasteiger partial charge in [-0.25, -0.2) is 0 Å². The van der Waals surface area contributed by atoms with Gasteiger partial charge in [0.25, 0.3) is 6.71 Å². The number of anilines is 9. The third-order valence-electron chi connectivity index (χ3n) is 14.1. The molecule has 0 aromatic heterocycles.